The van der Waals surface area contributed by atoms with Crippen LogP contribution in [0.1, 0.15) is 18.1 Å². The summed E-state index contributed by atoms with van der Waals surface area (Å²) in [5.74, 6) is 0.273. The highest BCUT2D eigenvalue weighted by atomic mass is 16.5. The van der Waals surface area contributed by atoms with Crippen LogP contribution in [0.25, 0.3) is 0 Å². The molecule has 2 N–H and O–H groups in total. The minimum absolute atomic E-state index is 0.0205. The first-order chi connectivity index (χ1) is 9.56. The molecule has 3 rings (SSSR count). The van der Waals surface area contributed by atoms with Gasteiger partial charge in [0.15, 0.2) is 0 Å². The molecular weight excluding hydrogens is 256 g/mol. The summed E-state index contributed by atoms with van der Waals surface area (Å²) >= 11 is 0. The summed E-state index contributed by atoms with van der Waals surface area (Å²) < 4.78 is 5.69. The van der Waals surface area contributed by atoms with Crippen LogP contribution in [0.4, 0.5) is 0 Å². The van der Waals surface area contributed by atoms with Crippen molar-refractivity contribution >= 4 is 5.91 Å². The number of ether oxygens (including phenoxy) is 1. The van der Waals surface area contributed by atoms with Gasteiger partial charge in [-0.05, 0) is 36.6 Å². The third kappa shape index (κ3) is 2.64. The van der Waals surface area contributed by atoms with E-state index < -0.39 is 0 Å². The quantitative estimate of drug-likeness (QED) is 0.851. The molecule has 0 radical (unpaired) electrons. The van der Waals surface area contributed by atoms with Crippen LogP contribution in [-0.2, 0) is 22.5 Å². The molecule has 1 fully saturated rings. The molecule has 0 atom stereocenters. The van der Waals surface area contributed by atoms with Crippen LogP contribution in [0.2, 0.25) is 0 Å². The Morgan fingerprint density at radius 3 is 2.95 bits per heavy atom. The zero-order valence-electron chi connectivity index (χ0n) is 11.7. The highest BCUT2D eigenvalue weighted by Crippen LogP contribution is 2.23. The second-order valence-corrected chi connectivity index (χ2v) is 5.86. The molecule has 0 bridgehead atoms. The first kappa shape index (κ1) is 13.4. The number of phenols is 1. The summed E-state index contributed by atoms with van der Waals surface area (Å²) in [6.45, 7) is 5.02. The molecule has 1 amide bonds. The first-order valence-electron chi connectivity index (χ1n) is 6.99. The van der Waals surface area contributed by atoms with Gasteiger partial charge in [0.1, 0.15) is 12.4 Å². The molecular formula is C15H20N2O3. The van der Waals surface area contributed by atoms with Gasteiger partial charge < -0.3 is 20.1 Å². The largest absolute Gasteiger partial charge is 0.508 e. The maximum Gasteiger partial charge on any atom is 0.248 e. The van der Waals surface area contributed by atoms with E-state index >= 15 is 0 Å². The number of phenolic OH excluding ortho intramolecular Hbond substituents is 1. The monoisotopic (exact) mass is 276 g/mol. The molecule has 0 aromatic heterocycles. The molecule has 5 heteroatoms. The smallest absolute Gasteiger partial charge is 0.248 e. The number of carbonyl (C=O) groups is 1. The highest BCUT2D eigenvalue weighted by molar-refractivity contribution is 5.77. The lowest BCUT2D eigenvalue weighted by Gasteiger charge is -2.39. The Labute approximate surface area is 118 Å². The molecule has 108 valence electrons. The summed E-state index contributed by atoms with van der Waals surface area (Å²) in [4.78, 5) is 14.0. The zero-order chi connectivity index (χ0) is 14.2. The van der Waals surface area contributed by atoms with Gasteiger partial charge in [0, 0.05) is 26.2 Å². The average molecular weight is 276 g/mol. The molecule has 1 aromatic carbocycles. The van der Waals surface area contributed by atoms with Crippen molar-refractivity contribution in [3.05, 3.63) is 29.3 Å². The maximum absolute atomic E-state index is 12.2. The van der Waals surface area contributed by atoms with Crippen molar-refractivity contribution in [3.8, 4) is 5.75 Å². The van der Waals surface area contributed by atoms with Crippen LogP contribution >= 0.6 is 0 Å². The molecule has 0 spiro atoms. The molecule has 1 aromatic rings. The third-order valence-corrected chi connectivity index (χ3v) is 4.10. The fourth-order valence-electron chi connectivity index (χ4n) is 2.66. The Kier molecular flexibility index (Phi) is 3.40. The minimum atomic E-state index is -0.193. The van der Waals surface area contributed by atoms with Crippen molar-refractivity contribution < 1.29 is 14.6 Å². The second-order valence-electron chi connectivity index (χ2n) is 5.86. The maximum atomic E-state index is 12.2. The van der Waals surface area contributed by atoms with Crippen molar-refractivity contribution in [1.29, 1.82) is 0 Å². The molecule has 2 aliphatic heterocycles. The van der Waals surface area contributed by atoms with Crippen molar-refractivity contribution in [3.63, 3.8) is 0 Å². The third-order valence-electron chi connectivity index (χ3n) is 4.10. The van der Waals surface area contributed by atoms with E-state index in [0.29, 0.717) is 6.54 Å². The molecule has 0 unspecified atom stereocenters. The lowest BCUT2D eigenvalue weighted by Crippen LogP contribution is -2.59. The van der Waals surface area contributed by atoms with Crippen LogP contribution in [0, 0.1) is 0 Å². The molecule has 20 heavy (non-hydrogen) atoms. The van der Waals surface area contributed by atoms with E-state index in [9.17, 15) is 9.90 Å². The number of hydrogen-bond acceptors (Lipinski definition) is 4. The Hall–Kier alpha value is -1.59. The summed E-state index contributed by atoms with van der Waals surface area (Å²) in [5, 5.41) is 12.7. The minimum Gasteiger partial charge on any atom is -0.508 e. The Morgan fingerprint density at radius 2 is 2.25 bits per heavy atom. The number of carbonyl (C=O) groups excluding carboxylic acids is 1. The zero-order valence-corrected chi connectivity index (χ0v) is 11.7. The van der Waals surface area contributed by atoms with Crippen LogP contribution in [0.5, 0.6) is 5.75 Å². The SMILES string of the molecule is CC1(OCC(=O)N2CCc3ccc(O)cc3C2)CNC1. The summed E-state index contributed by atoms with van der Waals surface area (Å²) in [5.41, 5.74) is 2.05. The van der Waals surface area contributed by atoms with E-state index in [2.05, 4.69) is 5.32 Å². The van der Waals surface area contributed by atoms with Crippen molar-refractivity contribution in [2.45, 2.75) is 25.5 Å². The first-order valence-corrected chi connectivity index (χ1v) is 6.99. The predicted octanol–water partition coefficient (Wildman–Crippen LogP) is 0.655. The van der Waals surface area contributed by atoms with Gasteiger partial charge in [-0.25, -0.2) is 0 Å². The van der Waals surface area contributed by atoms with Gasteiger partial charge in [-0.15, -0.1) is 0 Å². The molecule has 0 saturated carbocycles. The number of rotatable bonds is 3. The van der Waals surface area contributed by atoms with Crippen LogP contribution < -0.4 is 5.32 Å². The summed E-state index contributed by atoms with van der Waals surface area (Å²) in [6.07, 6.45) is 0.834. The molecule has 2 heterocycles. The van der Waals surface area contributed by atoms with E-state index in [4.69, 9.17) is 4.74 Å². The van der Waals surface area contributed by atoms with Crippen LogP contribution in [-0.4, -0.2) is 47.8 Å². The van der Waals surface area contributed by atoms with Gasteiger partial charge in [-0.2, -0.15) is 0 Å². The van der Waals surface area contributed by atoms with E-state index in [-0.39, 0.29) is 23.9 Å². The number of nitrogens with zero attached hydrogens (tertiary/aromatic N) is 1. The highest BCUT2D eigenvalue weighted by Gasteiger charge is 2.33. The number of benzene rings is 1. The van der Waals surface area contributed by atoms with Gasteiger partial charge in [0.25, 0.3) is 0 Å². The normalized spacial score (nSPS) is 20.1. The lowest BCUT2D eigenvalue weighted by molar-refractivity contribution is -0.146. The van der Waals surface area contributed by atoms with Crippen molar-refractivity contribution in [2.75, 3.05) is 26.2 Å². The van der Waals surface area contributed by atoms with Gasteiger partial charge >= 0.3 is 0 Å². The molecule has 0 aliphatic carbocycles. The number of fused-ring (bicyclic) bond motifs is 1. The van der Waals surface area contributed by atoms with Crippen LogP contribution in [0.15, 0.2) is 18.2 Å². The van der Waals surface area contributed by atoms with E-state index in [0.717, 1.165) is 31.6 Å². The Balaban J connectivity index is 1.60. The van der Waals surface area contributed by atoms with E-state index in [1.165, 1.54) is 5.56 Å². The Bertz CT molecular complexity index is 526. The van der Waals surface area contributed by atoms with Crippen molar-refractivity contribution in [2.24, 2.45) is 0 Å². The van der Waals surface area contributed by atoms with Gasteiger partial charge in [-0.3, -0.25) is 4.79 Å². The van der Waals surface area contributed by atoms with Gasteiger partial charge in [-0.1, -0.05) is 6.07 Å². The van der Waals surface area contributed by atoms with Crippen molar-refractivity contribution in [1.82, 2.24) is 10.2 Å². The number of aromatic hydroxyl groups is 1. The van der Waals surface area contributed by atoms with Gasteiger partial charge in [0.05, 0.1) is 5.60 Å². The standard InChI is InChI=1S/C15H20N2O3/c1-15(9-16-10-15)20-8-14(19)17-5-4-11-2-3-13(18)6-12(11)7-17/h2-3,6,16,18H,4-5,7-10H2,1H3. The van der Waals surface area contributed by atoms with Gasteiger partial charge in [0.2, 0.25) is 5.91 Å². The lowest BCUT2D eigenvalue weighted by atomic mass is 9.99. The molecule has 1 saturated heterocycles. The predicted molar refractivity (Wildman–Crippen MR) is 74.5 cm³/mol. The average Bonchev–Trinajstić information content (AvgIpc) is 2.41. The molecule has 5 nitrogen and oxygen atoms in total. The fourth-order valence-corrected chi connectivity index (χ4v) is 2.66. The fraction of sp³-hybridized carbons (Fsp3) is 0.533. The topological polar surface area (TPSA) is 61.8 Å². The van der Waals surface area contributed by atoms with E-state index in [1.54, 1.807) is 17.0 Å². The number of nitrogens with one attached hydrogen (secondary N) is 1. The summed E-state index contributed by atoms with van der Waals surface area (Å²) in [6, 6.07) is 5.38. The number of amides is 1. The van der Waals surface area contributed by atoms with Crippen LogP contribution in [0.3, 0.4) is 0 Å². The molecule has 2 aliphatic rings. The Morgan fingerprint density at radius 1 is 1.45 bits per heavy atom. The number of hydrogen-bond donors (Lipinski definition) is 2. The second kappa shape index (κ2) is 5.07. The summed E-state index contributed by atoms with van der Waals surface area (Å²) in [7, 11) is 0. The van der Waals surface area contributed by atoms with E-state index in [1.807, 2.05) is 13.0 Å².